The molecule has 0 saturated heterocycles. The van der Waals surface area contributed by atoms with E-state index in [-0.39, 0.29) is 18.4 Å². The molecule has 0 fully saturated rings. The van der Waals surface area contributed by atoms with E-state index in [2.05, 4.69) is 16.0 Å². The molecule has 1 aromatic carbocycles. The molecule has 1 aromatic rings. The van der Waals surface area contributed by atoms with Crippen LogP contribution in [0.15, 0.2) is 18.2 Å². The zero-order chi connectivity index (χ0) is 13.5. The summed E-state index contributed by atoms with van der Waals surface area (Å²) in [6.07, 6.45) is 1.71. The summed E-state index contributed by atoms with van der Waals surface area (Å²) in [6.45, 7) is 4.10. The Morgan fingerprint density at radius 1 is 1.21 bits per heavy atom. The molecule has 1 rings (SSSR count). The molecule has 0 spiro atoms. The Balaban J connectivity index is 0.00000324. The molecule has 0 aromatic heterocycles. The number of hydrogen-bond donors (Lipinski definition) is 4. The maximum Gasteiger partial charge on any atom is 0.326 e. The first-order valence-electron chi connectivity index (χ1n) is 6.07. The van der Waals surface area contributed by atoms with Gasteiger partial charge in [0.25, 0.3) is 0 Å². The molecule has 0 saturated carbocycles. The van der Waals surface area contributed by atoms with Gasteiger partial charge in [0.05, 0.1) is 0 Å². The van der Waals surface area contributed by atoms with Crippen LogP contribution in [0.25, 0.3) is 0 Å². The first kappa shape index (κ1) is 17.2. The molecule has 19 heavy (non-hydrogen) atoms. The van der Waals surface area contributed by atoms with Gasteiger partial charge in [-0.3, -0.25) is 10.7 Å². The summed E-state index contributed by atoms with van der Waals surface area (Å²) in [4.78, 5) is 11.7. The van der Waals surface area contributed by atoms with Crippen LogP contribution in [0.4, 0.5) is 10.5 Å². The number of guanidine groups is 1. The Hall–Kier alpha value is -1.75. The van der Waals surface area contributed by atoms with E-state index in [1.54, 1.807) is 7.05 Å². The van der Waals surface area contributed by atoms with Crippen LogP contribution in [0, 0.1) is 5.41 Å². The molecule has 0 aliphatic heterocycles. The maximum absolute atomic E-state index is 11.7. The van der Waals surface area contributed by atoms with Gasteiger partial charge >= 0.3 is 6.03 Å². The Morgan fingerprint density at radius 3 is 2.16 bits per heavy atom. The predicted molar refractivity (Wildman–Crippen MR) is 81.4 cm³/mol. The monoisotopic (exact) mass is 284 g/mol. The van der Waals surface area contributed by atoms with Crippen molar-refractivity contribution in [1.82, 2.24) is 10.6 Å². The van der Waals surface area contributed by atoms with Gasteiger partial charge in [-0.2, -0.15) is 0 Å². The van der Waals surface area contributed by atoms with E-state index in [1.807, 2.05) is 32.0 Å². The summed E-state index contributed by atoms with van der Waals surface area (Å²) >= 11 is 0. The quantitative estimate of drug-likeness (QED) is 0.508. The highest BCUT2D eigenvalue weighted by Gasteiger charge is 2.10. The van der Waals surface area contributed by atoms with Crippen molar-refractivity contribution >= 4 is 30.1 Å². The van der Waals surface area contributed by atoms with Crippen LogP contribution >= 0.6 is 12.4 Å². The number of anilines is 1. The highest BCUT2D eigenvalue weighted by Crippen LogP contribution is 2.22. The third kappa shape index (κ3) is 4.79. The van der Waals surface area contributed by atoms with Crippen molar-refractivity contribution in [1.29, 1.82) is 5.41 Å². The lowest BCUT2D eigenvalue weighted by Gasteiger charge is -2.15. The van der Waals surface area contributed by atoms with Crippen molar-refractivity contribution in [2.45, 2.75) is 26.7 Å². The molecule has 0 radical (unpaired) electrons. The first-order valence-corrected chi connectivity index (χ1v) is 6.07. The highest BCUT2D eigenvalue weighted by atomic mass is 35.5. The summed E-state index contributed by atoms with van der Waals surface area (Å²) in [6, 6.07) is 5.59. The van der Waals surface area contributed by atoms with Gasteiger partial charge < -0.3 is 10.6 Å². The topological polar surface area (TPSA) is 77.0 Å². The van der Waals surface area contributed by atoms with Crippen LogP contribution in [0.5, 0.6) is 0 Å². The number of carbonyl (C=O) groups is 1. The molecule has 5 nitrogen and oxygen atoms in total. The number of benzene rings is 1. The van der Waals surface area contributed by atoms with Crippen LogP contribution in [-0.2, 0) is 12.8 Å². The van der Waals surface area contributed by atoms with Crippen LogP contribution in [0.3, 0.4) is 0 Å². The molecular formula is C13H21ClN4O. The molecule has 6 heteroatoms. The predicted octanol–water partition coefficient (Wildman–Crippen LogP) is 2.51. The van der Waals surface area contributed by atoms with Crippen LogP contribution in [0.1, 0.15) is 25.0 Å². The van der Waals surface area contributed by atoms with E-state index in [0.29, 0.717) is 0 Å². The minimum Gasteiger partial charge on any atom is -0.359 e. The van der Waals surface area contributed by atoms with Crippen molar-refractivity contribution in [2.75, 3.05) is 12.4 Å². The van der Waals surface area contributed by atoms with Crippen LogP contribution < -0.4 is 16.0 Å². The van der Waals surface area contributed by atoms with Gasteiger partial charge in [-0.1, -0.05) is 32.0 Å². The summed E-state index contributed by atoms with van der Waals surface area (Å²) in [5.74, 6) is -0.0282. The SMILES string of the molecule is CCc1cccc(CC)c1NC(=O)NC(=N)NC.Cl. The smallest absolute Gasteiger partial charge is 0.326 e. The van der Waals surface area contributed by atoms with Gasteiger partial charge in [-0.15, -0.1) is 12.4 Å². The van der Waals surface area contributed by atoms with Crippen molar-refractivity contribution in [3.63, 3.8) is 0 Å². The van der Waals surface area contributed by atoms with Crippen LogP contribution in [0.2, 0.25) is 0 Å². The number of hydrogen-bond acceptors (Lipinski definition) is 2. The molecule has 2 amide bonds. The van der Waals surface area contributed by atoms with Crippen LogP contribution in [-0.4, -0.2) is 19.0 Å². The van der Waals surface area contributed by atoms with E-state index in [4.69, 9.17) is 5.41 Å². The van der Waals surface area contributed by atoms with Gasteiger partial charge in [0.15, 0.2) is 5.96 Å². The second kappa shape index (κ2) is 8.37. The number of nitrogens with one attached hydrogen (secondary N) is 4. The summed E-state index contributed by atoms with van der Waals surface area (Å²) in [7, 11) is 1.58. The average molecular weight is 285 g/mol. The lowest BCUT2D eigenvalue weighted by molar-refractivity contribution is 0.256. The van der Waals surface area contributed by atoms with Crippen molar-refractivity contribution in [3.8, 4) is 0 Å². The largest absolute Gasteiger partial charge is 0.359 e. The van der Waals surface area contributed by atoms with E-state index in [1.165, 1.54) is 0 Å². The van der Waals surface area contributed by atoms with Gasteiger partial charge in [0.2, 0.25) is 0 Å². The van der Waals surface area contributed by atoms with E-state index >= 15 is 0 Å². The molecule has 0 unspecified atom stereocenters. The lowest BCUT2D eigenvalue weighted by Crippen LogP contribution is -2.40. The zero-order valence-electron chi connectivity index (χ0n) is 11.5. The average Bonchev–Trinajstić information content (AvgIpc) is 2.38. The Bertz CT molecular complexity index is 426. The normalized spacial score (nSPS) is 9.21. The summed E-state index contributed by atoms with van der Waals surface area (Å²) in [5.41, 5.74) is 3.05. The zero-order valence-corrected chi connectivity index (χ0v) is 12.3. The first-order chi connectivity index (χ1) is 8.62. The molecule has 0 aliphatic rings. The van der Waals surface area contributed by atoms with E-state index in [0.717, 1.165) is 29.7 Å². The van der Waals surface area contributed by atoms with E-state index < -0.39 is 6.03 Å². The number of urea groups is 1. The number of carbonyl (C=O) groups excluding carboxylic acids is 1. The van der Waals surface area contributed by atoms with Crippen molar-refractivity contribution in [2.24, 2.45) is 0 Å². The third-order valence-corrected chi connectivity index (χ3v) is 2.73. The molecule has 106 valence electrons. The fourth-order valence-electron chi connectivity index (χ4n) is 1.72. The minimum atomic E-state index is -0.398. The van der Waals surface area contributed by atoms with Crippen molar-refractivity contribution in [3.05, 3.63) is 29.3 Å². The van der Waals surface area contributed by atoms with Gasteiger partial charge in [-0.25, -0.2) is 4.79 Å². The summed E-state index contributed by atoms with van der Waals surface area (Å²) in [5, 5.41) is 15.1. The molecule has 4 N–H and O–H groups in total. The molecular weight excluding hydrogens is 264 g/mol. The second-order valence-corrected chi connectivity index (χ2v) is 3.86. The lowest BCUT2D eigenvalue weighted by atomic mass is 10.0. The van der Waals surface area contributed by atoms with Gasteiger partial charge in [0.1, 0.15) is 0 Å². The Labute approximate surface area is 120 Å². The Kier molecular flexibility index (Phi) is 7.60. The minimum absolute atomic E-state index is 0. The summed E-state index contributed by atoms with van der Waals surface area (Å²) < 4.78 is 0. The molecule has 0 atom stereocenters. The fraction of sp³-hybridized carbons (Fsp3) is 0.385. The van der Waals surface area contributed by atoms with Gasteiger partial charge in [0, 0.05) is 12.7 Å². The standard InChI is InChI=1S/C13H20N4O.ClH/c1-4-9-7-6-8-10(5-2)11(9)16-13(18)17-12(14)15-3;/h6-8H,4-5H2,1-3H3,(H4,14,15,16,17,18);1H. The number of rotatable bonds is 3. The molecule has 0 bridgehead atoms. The highest BCUT2D eigenvalue weighted by molar-refractivity contribution is 6.02. The third-order valence-electron chi connectivity index (χ3n) is 2.73. The molecule has 0 heterocycles. The number of para-hydroxylation sites is 1. The maximum atomic E-state index is 11.7. The van der Waals surface area contributed by atoms with E-state index in [9.17, 15) is 4.79 Å². The Morgan fingerprint density at radius 2 is 1.74 bits per heavy atom. The molecule has 0 aliphatic carbocycles. The number of halogens is 1. The fourth-order valence-corrected chi connectivity index (χ4v) is 1.72. The van der Waals surface area contributed by atoms with Gasteiger partial charge in [-0.05, 0) is 24.0 Å². The number of amides is 2. The second-order valence-electron chi connectivity index (χ2n) is 3.86. The number of aryl methyl sites for hydroxylation is 2. The van der Waals surface area contributed by atoms with Crippen molar-refractivity contribution < 1.29 is 4.79 Å².